The number of ether oxygens (including phenoxy) is 1. The maximum atomic E-state index is 11.5. The number of primary amides is 1. The Bertz CT molecular complexity index is 740. The smallest absolute Gasteiger partial charge is 0.230 e. The largest absolute Gasteiger partial charge is 0.496 e. The Morgan fingerprint density at radius 3 is 2.68 bits per heavy atom. The van der Waals surface area contributed by atoms with Crippen molar-refractivity contribution in [3.8, 4) is 17.1 Å². The van der Waals surface area contributed by atoms with Gasteiger partial charge in [-0.3, -0.25) is 9.36 Å². The lowest BCUT2D eigenvalue weighted by molar-refractivity contribution is -0.117. The lowest BCUT2D eigenvalue weighted by Gasteiger charge is -2.26. The van der Waals surface area contributed by atoms with Crippen molar-refractivity contribution < 1.29 is 9.53 Å². The molecule has 0 saturated heterocycles. The van der Waals surface area contributed by atoms with Crippen molar-refractivity contribution in [1.82, 2.24) is 14.8 Å². The van der Waals surface area contributed by atoms with Crippen molar-refractivity contribution >= 4 is 17.7 Å². The molecule has 1 atom stereocenters. The molecule has 0 aliphatic heterocycles. The summed E-state index contributed by atoms with van der Waals surface area (Å²) in [5.74, 6) is 1.22. The fourth-order valence-electron chi connectivity index (χ4n) is 3.25. The van der Waals surface area contributed by atoms with E-state index in [0.717, 1.165) is 35.1 Å². The molecule has 6 nitrogen and oxygen atoms in total. The van der Waals surface area contributed by atoms with Crippen molar-refractivity contribution in [2.75, 3.05) is 7.11 Å². The number of nitrogens with zero attached hydrogens (tertiary/aromatic N) is 3. The van der Waals surface area contributed by atoms with Crippen LogP contribution in [0.2, 0.25) is 0 Å². The highest BCUT2D eigenvalue weighted by Gasteiger charge is 2.26. The Morgan fingerprint density at radius 2 is 2.00 bits per heavy atom. The minimum Gasteiger partial charge on any atom is -0.496 e. The van der Waals surface area contributed by atoms with Gasteiger partial charge in [-0.15, -0.1) is 10.2 Å². The first-order valence-electron chi connectivity index (χ1n) is 8.66. The van der Waals surface area contributed by atoms with Crippen molar-refractivity contribution in [2.45, 2.75) is 55.5 Å². The number of benzene rings is 1. The molecule has 1 amide bonds. The second-order valence-corrected chi connectivity index (χ2v) is 7.64. The number of hydrogen-bond donors (Lipinski definition) is 1. The second kappa shape index (κ2) is 7.91. The summed E-state index contributed by atoms with van der Waals surface area (Å²) in [4.78, 5) is 11.5. The highest BCUT2D eigenvalue weighted by Crippen LogP contribution is 2.38. The van der Waals surface area contributed by atoms with Crippen LogP contribution in [0, 0.1) is 0 Å². The summed E-state index contributed by atoms with van der Waals surface area (Å²) in [5.41, 5.74) is 6.36. The van der Waals surface area contributed by atoms with Crippen molar-refractivity contribution in [3.05, 3.63) is 24.3 Å². The molecule has 1 aliphatic carbocycles. The van der Waals surface area contributed by atoms with Crippen LogP contribution in [-0.2, 0) is 4.79 Å². The van der Waals surface area contributed by atoms with Crippen LogP contribution in [-0.4, -0.2) is 33.0 Å². The van der Waals surface area contributed by atoms with Gasteiger partial charge in [-0.1, -0.05) is 43.2 Å². The summed E-state index contributed by atoms with van der Waals surface area (Å²) in [6.07, 6.45) is 5.85. The molecule has 0 spiro atoms. The van der Waals surface area contributed by atoms with E-state index >= 15 is 0 Å². The number of para-hydroxylation sites is 1. The lowest BCUT2D eigenvalue weighted by atomic mass is 9.95. The zero-order valence-corrected chi connectivity index (χ0v) is 15.5. The predicted molar refractivity (Wildman–Crippen MR) is 98.6 cm³/mol. The van der Waals surface area contributed by atoms with Crippen LogP contribution in [0.15, 0.2) is 29.4 Å². The third-order valence-electron chi connectivity index (χ3n) is 4.64. The van der Waals surface area contributed by atoms with E-state index in [4.69, 9.17) is 10.5 Å². The normalized spacial score (nSPS) is 16.6. The number of carbonyl (C=O) groups is 1. The van der Waals surface area contributed by atoms with E-state index in [0.29, 0.717) is 6.04 Å². The minimum absolute atomic E-state index is 0.339. The molecule has 0 unspecified atom stereocenters. The van der Waals surface area contributed by atoms with Gasteiger partial charge >= 0.3 is 0 Å². The van der Waals surface area contributed by atoms with Crippen LogP contribution in [0.3, 0.4) is 0 Å². The lowest BCUT2D eigenvalue weighted by Crippen LogP contribution is -2.23. The SMILES string of the molecule is COc1ccccc1-c1nnc(S[C@H](C)C(N)=O)n1C1CCCCC1. The van der Waals surface area contributed by atoms with Crippen LogP contribution in [0.4, 0.5) is 0 Å². The van der Waals surface area contributed by atoms with Gasteiger partial charge in [0.25, 0.3) is 0 Å². The molecule has 2 N–H and O–H groups in total. The molecule has 134 valence electrons. The highest BCUT2D eigenvalue weighted by molar-refractivity contribution is 8.00. The molecule has 1 fully saturated rings. The molecule has 2 aromatic rings. The van der Waals surface area contributed by atoms with Gasteiger partial charge in [0.15, 0.2) is 11.0 Å². The number of nitrogens with two attached hydrogens (primary N) is 1. The topological polar surface area (TPSA) is 83.0 Å². The number of carbonyl (C=O) groups excluding carboxylic acids is 1. The van der Waals surface area contributed by atoms with Gasteiger partial charge in [-0.25, -0.2) is 0 Å². The Hall–Kier alpha value is -2.02. The Morgan fingerprint density at radius 1 is 1.28 bits per heavy atom. The van der Waals surface area contributed by atoms with E-state index in [1.54, 1.807) is 14.0 Å². The maximum absolute atomic E-state index is 11.5. The van der Waals surface area contributed by atoms with E-state index in [-0.39, 0.29) is 11.2 Å². The van der Waals surface area contributed by atoms with Crippen LogP contribution in [0.5, 0.6) is 5.75 Å². The van der Waals surface area contributed by atoms with Crippen molar-refractivity contribution in [2.24, 2.45) is 5.73 Å². The van der Waals surface area contributed by atoms with Crippen LogP contribution >= 0.6 is 11.8 Å². The monoisotopic (exact) mass is 360 g/mol. The summed E-state index contributed by atoms with van der Waals surface area (Å²) < 4.78 is 7.69. The molecule has 1 aliphatic rings. The Kier molecular flexibility index (Phi) is 5.63. The van der Waals surface area contributed by atoms with E-state index in [1.807, 2.05) is 24.3 Å². The van der Waals surface area contributed by atoms with Gasteiger partial charge in [0.1, 0.15) is 5.75 Å². The molecule has 1 aromatic carbocycles. The van der Waals surface area contributed by atoms with Gasteiger partial charge in [-0.2, -0.15) is 0 Å². The summed E-state index contributed by atoms with van der Waals surface area (Å²) in [5, 5.41) is 9.22. The van der Waals surface area contributed by atoms with Crippen LogP contribution < -0.4 is 10.5 Å². The van der Waals surface area contributed by atoms with Gasteiger partial charge in [0.05, 0.1) is 17.9 Å². The number of amides is 1. The highest BCUT2D eigenvalue weighted by atomic mass is 32.2. The third kappa shape index (κ3) is 3.81. The Balaban J connectivity index is 2.05. The molecule has 1 aromatic heterocycles. The zero-order valence-electron chi connectivity index (χ0n) is 14.6. The summed E-state index contributed by atoms with van der Waals surface area (Å²) in [6.45, 7) is 1.80. The number of aromatic nitrogens is 3. The average Bonchev–Trinajstić information content (AvgIpc) is 3.05. The molecule has 7 heteroatoms. The van der Waals surface area contributed by atoms with Gasteiger partial charge < -0.3 is 10.5 Å². The quantitative estimate of drug-likeness (QED) is 0.798. The van der Waals surface area contributed by atoms with Crippen molar-refractivity contribution in [1.29, 1.82) is 0 Å². The predicted octanol–water partition coefficient (Wildman–Crippen LogP) is 3.42. The standard InChI is InChI=1S/C18H24N4O2S/c1-12(16(19)23)25-18-21-20-17(14-10-6-7-11-15(14)24-2)22(18)13-8-4-3-5-9-13/h6-7,10-13H,3-5,8-9H2,1-2H3,(H2,19,23)/t12-/m1/s1. The van der Waals surface area contributed by atoms with Gasteiger partial charge in [0.2, 0.25) is 5.91 Å². The second-order valence-electron chi connectivity index (χ2n) is 6.33. The minimum atomic E-state index is -0.350. The zero-order chi connectivity index (χ0) is 17.8. The van der Waals surface area contributed by atoms with E-state index in [2.05, 4.69) is 14.8 Å². The fraction of sp³-hybridized carbons (Fsp3) is 0.500. The molecule has 25 heavy (non-hydrogen) atoms. The first kappa shape index (κ1) is 17.8. The van der Waals surface area contributed by atoms with Crippen LogP contribution in [0.25, 0.3) is 11.4 Å². The molecular weight excluding hydrogens is 336 g/mol. The van der Waals surface area contributed by atoms with E-state index in [9.17, 15) is 4.79 Å². The number of methoxy groups -OCH3 is 1. The number of hydrogen-bond acceptors (Lipinski definition) is 5. The first-order valence-corrected chi connectivity index (χ1v) is 9.54. The molecule has 1 heterocycles. The summed E-state index contributed by atoms with van der Waals surface area (Å²) in [7, 11) is 1.66. The van der Waals surface area contributed by atoms with Gasteiger partial charge in [0, 0.05) is 6.04 Å². The summed E-state index contributed by atoms with van der Waals surface area (Å²) >= 11 is 1.37. The summed E-state index contributed by atoms with van der Waals surface area (Å²) in [6, 6.07) is 8.17. The van der Waals surface area contributed by atoms with E-state index in [1.165, 1.54) is 31.0 Å². The number of thioether (sulfide) groups is 1. The van der Waals surface area contributed by atoms with Crippen LogP contribution in [0.1, 0.15) is 45.1 Å². The molecule has 1 saturated carbocycles. The molecule has 3 rings (SSSR count). The first-order chi connectivity index (χ1) is 12.1. The average molecular weight is 360 g/mol. The Labute approximate surface area is 152 Å². The maximum Gasteiger partial charge on any atom is 0.230 e. The van der Waals surface area contributed by atoms with E-state index < -0.39 is 0 Å². The number of rotatable bonds is 6. The third-order valence-corrected chi connectivity index (χ3v) is 5.71. The molecular formula is C18H24N4O2S. The van der Waals surface area contributed by atoms with Gasteiger partial charge in [-0.05, 0) is 31.9 Å². The molecule has 0 radical (unpaired) electrons. The van der Waals surface area contributed by atoms with Crippen molar-refractivity contribution in [3.63, 3.8) is 0 Å². The molecule has 0 bridgehead atoms. The fourth-order valence-corrected chi connectivity index (χ4v) is 4.12.